The van der Waals surface area contributed by atoms with Gasteiger partial charge in [-0.3, -0.25) is 9.48 Å². The molecule has 2 N–H and O–H groups in total. The zero-order valence-corrected chi connectivity index (χ0v) is 8.99. The second-order valence-corrected chi connectivity index (χ2v) is 4.02. The number of nitrogens with two attached hydrogens (primary N) is 1. The monoisotopic (exact) mass is 209 g/mol. The van der Waals surface area contributed by atoms with Crippen molar-refractivity contribution in [3.63, 3.8) is 0 Å². The van der Waals surface area contributed by atoms with Crippen molar-refractivity contribution >= 4 is 5.78 Å². The van der Waals surface area contributed by atoms with E-state index >= 15 is 0 Å². The van der Waals surface area contributed by atoms with Crippen molar-refractivity contribution in [2.75, 3.05) is 7.11 Å². The lowest BCUT2D eigenvalue weighted by Gasteiger charge is -2.36. The number of ether oxygens (including phenoxy) is 1. The normalized spacial score (nSPS) is 18.3. The van der Waals surface area contributed by atoms with E-state index in [1.54, 1.807) is 7.05 Å². The van der Waals surface area contributed by atoms with E-state index in [2.05, 4.69) is 5.10 Å². The highest BCUT2D eigenvalue weighted by Crippen LogP contribution is 2.34. The third-order valence-corrected chi connectivity index (χ3v) is 3.04. The summed E-state index contributed by atoms with van der Waals surface area (Å²) >= 11 is 0. The van der Waals surface area contributed by atoms with E-state index in [9.17, 15) is 4.79 Å². The second kappa shape index (κ2) is 3.34. The van der Waals surface area contributed by atoms with E-state index in [0.717, 1.165) is 19.3 Å². The molecule has 1 fully saturated rings. The first-order chi connectivity index (χ1) is 7.08. The van der Waals surface area contributed by atoms with E-state index < -0.39 is 5.54 Å². The van der Waals surface area contributed by atoms with Crippen LogP contribution in [0.25, 0.3) is 0 Å². The fourth-order valence-electron chi connectivity index (χ4n) is 1.85. The quantitative estimate of drug-likeness (QED) is 0.735. The smallest absolute Gasteiger partial charge is 0.204 e. The van der Waals surface area contributed by atoms with Crippen LogP contribution in [0.3, 0.4) is 0 Å². The summed E-state index contributed by atoms with van der Waals surface area (Å²) in [7, 11) is 3.25. The van der Waals surface area contributed by atoms with Crippen LogP contribution in [0, 0.1) is 0 Å². The molecule has 0 spiro atoms. The molecule has 1 aromatic heterocycles. The van der Waals surface area contributed by atoms with Gasteiger partial charge in [-0.1, -0.05) is 0 Å². The number of carbonyl (C=O) groups excluding carboxylic acids is 1. The maximum Gasteiger partial charge on any atom is 0.204 e. The largest absolute Gasteiger partial charge is 0.493 e. The molecule has 0 unspecified atom stereocenters. The van der Waals surface area contributed by atoms with Gasteiger partial charge in [0.2, 0.25) is 5.78 Å². The predicted molar refractivity (Wildman–Crippen MR) is 54.9 cm³/mol. The molecule has 1 heterocycles. The number of ketones is 1. The van der Waals surface area contributed by atoms with Crippen molar-refractivity contribution in [3.8, 4) is 5.75 Å². The van der Waals surface area contributed by atoms with Gasteiger partial charge < -0.3 is 10.5 Å². The Labute approximate surface area is 88.2 Å². The van der Waals surface area contributed by atoms with Gasteiger partial charge in [0, 0.05) is 7.05 Å². The van der Waals surface area contributed by atoms with Crippen LogP contribution in [0.2, 0.25) is 0 Å². The van der Waals surface area contributed by atoms with Gasteiger partial charge in [0.25, 0.3) is 0 Å². The van der Waals surface area contributed by atoms with Crippen LogP contribution >= 0.6 is 0 Å². The molecule has 5 heteroatoms. The molecule has 2 rings (SSSR count). The Balaban J connectivity index is 2.36. The Morgan fingerprint density at radius 3 is 2.80 bits per heavy atom. The Morgan fingerprint density at radius 2 is 2.33 bits per heavy atom. The zero-order valence-electron chi connectivity index (χ0n) is 8.99. The van der Waals surface area contributed by atoms with Crippen LogP contribution in [0.5, 0.6) is 5.75 Å². The number of methoxy groups -OCH3 is 1. The molecule has 1 aliphatic carbocycles. The van der Waals surface area contributed by atoms with Crippen molar-refractivity contribution in [2.24, 2.45) is 12.8 Å². The summed E-state index contributed by atoms with van der Waals surface area (Å²) in [5.41, 5.74) is 5.76. The van der Waals surface area contributed by atoms with Crippen molar-refractivity contribution in [2.45, 2.75) is 24.8 Å². The average molecular weight is 209 g/mol. The molecule has 0 saturated heterocycles. The first-order valence-corrected chi connectivity index (χ1v) is 4.98. The van der Waals surface area contributed by atoms with Gasteiger partial charge in [0.1, 0.15) is 5.69 Å². The SMILES string of the molecule is COc1cnn(C)c1C(=O)C1(N)CCC1. The number of nitrogens with zero attached hydrogens (tertiary/aromatic N) is 2. The summed E-state index contributed by atoms with van der Waals surface area (Å²) < 4.78 is 6.61. The van der Waals surface area contributed by atoms with Crippen molar-refractivity contribution < 1.29 is 9.53 Å². The lowest BCUT2D eigenvalue weighted by Crippen LogP contribution is -2.54. The molecule has 0 bridgehead atoms. The van der Waals surface area contributed by atoms with Gasteiger partial charge in [-0.25, -0.2) is 0 Å². The highest BCUT2D eigenvalue weighted by Gasteiger charge is 2.42. The van der Waals surface area contributed by atoms with E-state index in [1.807, 2.05) is 0 Å². The van der Waals surface area contributed by atoms with Gasteiger partial charge in [-0.15, -0.1) is 0 Å². The molecule has 1 saturated carbocycles. The standard InChI is InChI=1S/C10H15N3O2/c1-13-8(7(15-2)6-12-13)9(14)10(11)4-3-5-10/h6H,3-5,11H2,1-2H3. The maximum absolute atomic E-state index is 12.1. The van der Waals surface area contributed by atoms with E-state index in [4.69, 9.17) is 10.5 Å². The Bertz CT molecular complexity index is 393. The third kappa shape index (κ3) is 1.43. The minimum absolute atomic E-state index is 0.0643. The minimum Gasteiger partial charge on any atom is -0.493 e. The molecule has 82 valence electrons. The van der Waals surface area contributed by atoms with Gasteiger partial charge >= 0.3 is 0 Å². The fraction of sp³-hybridized carbons (Fsp3) is 0.600. The fourth-order valence-corrected chi connectivity index (χ4v) is 1.85. The van der Waals surface area contributed by atoms with Crippen molar-refractivity contribution in [3.05, 3.63) is 11.9 Å². The molecule has 5 nitrogen and oxygen atoms in total. The lowest BCUT2D eigenvalue weighted by atomic mass is 9.73. The van der Waals surface area contributed by atoms with Crippen LogP contribution in [-0.4, -0.2) is 28.2 Å². The first kappa shape index (κ1) is 10.2. The molecule has 15 heavy (non-hydrogen) atoms. The third-order valence-electron chi connectivity index (χ3n) is 3.04. The molecule has 0 aliphatic heterocycles. The number of aryl methyl sites for hydroxylation is 1. The molecule has 0 radical (unpaired) electrons. The maximum atomic E-state index is 12.1. The first-order valence-electron chi connectivity index (χ1n) is 4.98. The minimum atomic E-state index is -0.693. The topological polar surface area (TPSA) is 70.1 Å². The van der Waals surface area contributed by atoms with Crippen LogP contribution in [0.1, 0.15) is 29.8 Å². The molecule has 1 aliphatic rings. The summed E-state index contributed by atoms with van der Waals surface area (Å²) in [6.07, 6.45) is 4.05. The van der Waals surface area contributed by atoms with Gasteiger partial charge in [-0.2, -0.15) is 5.10 Å². The highest BCUT2D eigenvalue weighted by molar-refractivity contribution is 6.04. The van der Waals surface area contributed by atoms with Crippen LogP contribution < -0.4 is 10.5 Å². The zero-order chi connectivity index (χ0) is 11.1. The highest BCUT2D eigenvalue weighted by atomic mass is 16.5. The number of hydrogen-bond acceptors (Lipinski definition) is 4. The molecule has 0 atom stereocenters. The summed E-state index contributed by atoms with van der Waals surface area (Å²) in [6.45, 7) is 0. The number of carbonyl (C=O) groups is 1. The van der Waals surface area contributed by atoms with Crippen molar-refractivity contribution in [1.29, 1.82) is 0 Å². The Morgan fingerprint density at radius 1 is 1.67 bits per heavy atom. The molecular formula is C10H15N3O2. The second-order valence-electron chi connectivity index (χ2n) is 4.02. The van der Waals surface area contributed by atoms with E-state index in [0.29, 0.717) is 11.4 Å². The average Bonchev–Trinajstić information content (AvgIpc) is 2.54. The molecule has 0 aromatic carbocycles. The van der Waals surface area contributed by atoms with E-state index in [-0.39, 0.29) is 5.78 Å². The molecule has 1 aromatic rings. The summed E-state index contributed by atoms with van der Waals surface area (Å²) in [4.78, 5) is 12.1. The van der Waals surface area contributed by atoms with Crippen LogP contribution in [-0.2, 0) is 7.05 Å². The number of aromatic nitrogens is 2. The Hall–Kier alpha value is -1.36. The molecular weight excluding hydrogens is 194 g/mol. The number of rotatable bonds is 3. The number of Topliss-reactive ketones (excluding diaryl/α,β-unsaturated/α-hetero) is 1. The van der Waals surface area contributed by atoms with Gasteiger partial charge in [0.15, 0.2) is 5.75 Å². The van der Waals surface area contributed by atoms with E-state index in [1.165, 1.54) is 18.0 Å². The summed E-state index contributed by atoms with van der Waals surface area (Å²) in [5.74, 6) is 0.435. The summed E-state index contributed by atoms with van der Waals surface area (Å²) in [6, 6.07) is 0. The molecule has 0 amide bonds. The predicted octanol–water partition coefficient (Wildman–Crippen LogP) is 0.493. The van der Waals surface area contributed by atoms with Crippen LogP contribution in [0.4, 0.5) is 0 Å². The Kier molecular flexibility index (Phi) is 2.26. The van der Waals surface area contributed by atoms with Crippen LogP contribution in [0.15, 0.2) is 6.20 Å². The van der Waals surface area contributed by atoms with Gasteiger partial charge in [0.05, 0.1) is 18.8 Å². The summed E-state index contributed by atoms with van der Waals surface area (Å²) in [5, 5.41) is 4.00. The lowest BCUT2D eigenvalue weighted by molar-refractivity contribution is 0.0787. The number of hydrogen-bond donors (Lipinski definition) is 1. The van der Waals surface area contributed by atoms with Gasteiger partial charge in [-0.05, 0) is 19.3 Å². The van der Waals surface area contributed by atoms with Crippen molar-refractivity contribution in [1.82, 2.24) is 9.78 Å².